The van der Waals surface area contributed by atoms with E-state index in [2.05, 4.69) is 62.1 Å². The maximum Gasteiger partial charge on any atom is 0.257 e. The number of carbonyl (C=O) groups is 6. The summed E-state index contributed by atoms with van der Waals surface area (Å²) in [7, 11) is 0. The van der Waals surface area contributed by atoms with Gasteiger partial charge in [0.1, 0.15) is 11.0 Å². The number of halogens is 7. The first-order valence-corrected chi connectivity index (χ1v) is 32.7. The predicted octanol–water partition coefficient (Wildman–Crippen LogP) is 17.6. The SMILES string of the molecule is O=C(NCC1CCNCC1)c1ccc(C(=O)Nc2ccc(Cl)c(-c3ccccn3)c2)c(Cl)c1.O=C(Nc1ccc(Cl)nc1)c1ccc(C(=O)Nc2ccc(Cl)c(-c3ccccn3)c2)c(Cl)c1.O=C(Nc1ccccn1)c1ccc(C(=O)Nc2ccc(Cl)c(-c3ccccn3)c2)c(Cl)c1. The molecule has 12 rings (SSSR count). The molecule has 18 nitrogen and oxygen atoms in total. The molecule has 1 aliphatic rings. The molecule has 6 heterocycles. The molecular weight excluding hydrogens is 1390 g/mol. The molecule has 0 unspecified atom stereocenters. The minimum Gasteiger partial charge on any atom is -0.352 e. The van der Waals surface area contributed by atoms with Gasteiger partial charge >= 0.3 is 0 Å². The first kappa shape index (κ1) is 70.7. The number of amides is 6. The lowest BCUT2D eigenvalue weighted by molar-refractivity contribution is 0.0940. The summed E-state index contributed by atoms with van der Waals surface area (Å²) in [6.45, 7) is 2.59. The Kier molecular flexibility index (Phi) is 24.7. The number of aromatic nitrogens is 5. The molecule has 0 radical (unpaired) electrons. The van der Waals surface area contributed by atoms with Crippen molar-refractivity contribution in [3.63, 3.8) is 0 Å². The van der Waals surface area contributed by atoms with Gasteiger partial charge < -0.3 is 37.2 Å². The second-order valence-electron chi connectivity index (χ2n) is 21.6. The topological polar surface area (TPSA) is 251 Å². The molecule has 6 aromatic carbocycles. The van der Waals surface area contributed by atoms with Crippen LogP contribution in [0.15, 0.2) is 225 Å². The van der Waals surface area contributed by atoms with Crippen molar-refractivity contribution in [1.29, 1.82) is 0 Å². The van der Waals surface area contributed by atoms with Gasteiger partial charge in [0.25, 0.3) is 35.4 Å². The number of hydrogen-bond donors (Lipinski definition) is 7. The molecule has 0 saturated carbocycles. The molecule has 6 amide bonds. The number of rotatable bonds is 16. The standard InChI is InChI=1S/C25H24Cl2N4O2.C24H15Cl3N4O2.C24H16Cl2N4O2/c26-21-7-5-18(14-20(21)23-3-1-2-10-29-23)31-25(33)19-6-4-17(13-22(19)27)24(32)30-15-16-8-11-28-12-9-16;25-19-8-5-15(12-18(19)21-3-1-2-10-28-21)30-24(33)17-7-4-14(11-20(17)26)23(32)31-16-6-9-22(27)29-13-16;25-19-10-8-16(14-18(19)21-5-1-3-11-27-21)29-24(32)17-9-7-15(13-20(17)26)23(31)30-22-6-2-4-12-28-22/h1-7,10,13-14,16,28H,8-9,11-12,15H2,(H,30,32)(H,31,33);1-13H,(H,30,33)(H,31,32);1-14H,(H,29,32)(H,28,30,31). The van der Waals surface area contributed by atoms with Crippen LogP contribution < -0.4 is 37.2 Å². The lowest BCUT2D eigenvalue weighted by Crippen LogP contribution is -2.36. The zero-order valence-electron chi connectivity index (χ0n) is 51.3. The zero-order valence-corrected chi connectivity index (χ0v) is 56.6. The fourth-order valence-corrected chi connectivity index (χ4v) is 11.3. The van der Waals surface area contributed by atoms with Crippen molar-refractivity contribution in [2.24, 2.45) is 5.92 Å². The van der Waals surface area contributed by atoms with Gasteiger partial charge in [0.05, 0.1) is 75.8 Å². The van der Waals surface area contributed by atoms with Gasteiger partial charge in [-0.1, -0.05) is 105 Å². The summed E-state index contributed by atoms with van der Waals surface area (Å²) in [5, 5.41) is 22.5. The molecular formula is C73H55Cl7N12O6. The molecule has 11 aromatic rings. The Bertz CT molecular complexity index is 4700. The van der Waals surface area contributed by atoms with Crippen LogP contribution in [0.25, 0.3) is 33.8 Å². The molecule has 98 heavy (non-hydrogen) atoms. The Hall–Kier alpha value is -10.1. The number of nitrogens with one attached hydrogen (secondary N) is 7. The van der Waals surface area contributed by atoms with Crippen LogP contribution in [0, 0.1) is 5.92 Å². The molecule has 0 bridgehead atoms. The maximum absolute atomic E-state index is 12.8. The Labute approximate surface area is 597 Å². The Morgan fingerprint density at radius 2 is 0.735 bits per heavy atom. The normalized spacial score (nSPS) is 11.7. The highest BCUT2D eigenvalue weighted by atomic mass is 35.5. The molecule has 7 N–H and O–H groups in total. The van der Waals surface area contributed by atoms with Gasteiger partial charge in [-0.25, -0.2) is 9.97 Å². The third kappa shape index (κ3) is 19.3. The second kappa shape index (κ2) is 34.2. The summed E-state index contributed by atoms with van der Waals surface area (Å²) in [5.41, 5.74) is 8.02. The Morgan fingerprint density at radius 3 is 1.10 bits per heavy atom. The monoisotopic (exact) mass is 1440 g/mol. The third-order valence-electron chi connectivity index (χ3n) is 14.8. The number of nitrogens with zero attached hydrogens (tertiary/aromatic N) is 5. The Morgan fingerprint density at radius 1 is 0.357 bits per heavy atom. The molecule has 1 saturated heterocycles. The summed E-state index contributed by atoms with van der Waals surface area (Å²) in [6.07, 6.45) is 10.1. The van der Waals surface area contributed by atoms with Crippen LogP contribution in [-0.2, 0) is 0 Å². The highest BCUT2D eigenvalue weighted by molar-refractivity contribution is 6.37. The molecule has 5 aromatic heterocycles. The average Bonchev–Trinajstić information content (AvgIpc) is 0.909. The van der Waals surface area contributed by atoms with Gasteiger partial charge in [-0.15, -0.1) is 0 Å². The van der Waals surface area contributed by atoms with E-state index in [4.69, 9.17) is 81.2 Å². The smallest absolute Gasteiger partial charge is 0.257 e. The molecule has 1 aliphatic heterocycles. The van der Waals surface area contributed by atoms with Crippen molar-refractivity contribution in [1.82, 2.24) is 35.6 Å². The highest BCUT2D eigenvalue weighted by Crippen LogP contribution is 2.34. The number of hydrogen-bond acceptors (Lipinski definition) is 12. The molecule has 492 valence electrons. The molecule has 25 heteroatoms. The van der Waals surface area contributed by atoms with Gasteiger partial charge in [0.15, 0.2) is 0 Å². The van der Waals surface area contributed by atoms with E-state index in [1.807, 2.05) is 48.5 Å². The van der Waals surface area contributed by atoms with Crippen LogP contribution in [0.4, 0.5) is 28.6 Å². The first-order valence-electron chi connectivity index (χ1n) is 30.0. The van der Waals surface area contributed by atoms with Crippen molar-refractivity contribution in [2.75, 3.05) is 46.2 Å². The third-order valence-corrected chi connectivity index (χ3v) is 17.0. The van der Waals surface area contributed by atoms with E-state index in [1.54, 1.807) is 128 Å². The number of carbonyl (C=O) groups excluding carboxylic acids is 6. The first-order chi connectivity index (χ1) is 47.4. The fraction of sp³-hybridized carbons (Fsp3) is 0.0822. The van der Waals surface area contributed by atoms with E-state index in [1.165, 1.54) is 48.7 Å². The van der Waals surface area contributed by atoms with Crippen LogP contribution >= 0.6 is 81.2 Å². The van der Waals surface area contributed by atoms with E-state index in [0.717, 1.165) is 25.9 Å². The summed E-state index contributed by atoms with van der Waals surface area (Å²) < 4.78 is 0. The van der Waals surface area contributed by atoms with Gasteiger partial charge in [0, 0.05) is 81.8 Å². The van der Waals surface area contributed by atoms with Crippen molar-refractivity contribution in [2.45, 2.75) is 12.8 Å². The minimum absolute atomic E-state index is 0.133. The van der Waals surface area contributed by atoms with E-state index in [-0.39, 0.29) is 55.0 Å². The quantitative estimate of drug-likeness (QED) is 0.0446. The minimum atomic E-state index is -0.428. The van der Waals surface area contributed by atoms with Crippen LogP contribution in [0.5, 0.6) is 0 Å². The van der Waals surface area contributed by atoms with E-state index < -0.39 is 17.7 Å². The average molecular weight is 1440 g/mol. The van der Waals surface area contributed by atoms with E-state index in [0.29, 0.717) is 106 Å². The number of piperidine rings is 1. The molecule has 0 aliphatic carbocycles. The van der Waals surface area contributed by atoms with Crippen molar-refractivity contribution < 1.29 is 28.8 Å². The van der Waals surface area contributed by atoms with Crippen molar-refractivity contribution in [3.8, 4) is 33.8 Å². The van der Waals surface area contributed by atoms with Crippen LogP contribution in [0.1, 0.15) is 75.0 Å². The molecule has 1 fully saturated rings. The lowest BCUT2D eigenvalue weighted by atomic mass is 9.98. The van der Waals surface area contributed by atoms with E-state index >= 15 is 0 Å². The summed E-state index contributed by atoms with van der Waals surface area (Å²) in [6, 6.07) is 53.9. The summed E-state index contributed by atoms with van der Waals surface area (Å²) in [5.74, 6) is -1.30. The number of benzene rings is 6. The maximum atomic E-state index is 12.8. The van der Waals surface area contributed by atoms with Gasteiger partial charge in [-0.2, -0.15) is 0 Å². The van der Waals surface area contributed by atoms with Crippen LogP contribution in [0.2, 0.25) is 35.3 Å². The highest BCUT2D eigenvalue weighted by Gasteiger charge is 2.21. The van der Waals surface area contributed by atoms with E-state index in [9.17, 15) is 28.8 Å². The van der Waals surface area contributed by atoms with Gasteiger partial charge in [0.2, 0.25) is 0 Å². The Balaban J connectivity index is 0.000000159. The zero-order chi connectivity index (χ0) is 69.1. The summed E-state index contributed by atoms with van der Waals surface area (Å²) >= 11 is 43.6. The second-order valence-corrected chi connectivity index (χ2v) is 24.4. The van der Waals surface area contributed by atoms with Gasteiger partial charge in [-0.05, 0) is 202 Å². The largest absolute Gasteiger partial charge is 0.352 e. The van der Waals surface area contributed by atoms with Crippen LogP contribution in [0.3, 0.4) is 0 Å². The lowest BCUT2D eigenvalue weighted by Gasteiger charge is -2.22. The van der Waals surface area contributed by atoms with Gasteiger partial charge in [-0.3, -0.25) is 43.7 Å². The molecule has 0 spiro atoms. The predicted molar refractivity (Wildman–Crippen MR) is 390 cm³/mol. The van der Waals surface area contributed by atoms with Crippen molar-refractivity contribution in [3.05, 3.63) is 294 Å². The fourth-order valence-electron chi connectivity index (χ4n) is 9.78. The summed E-state index contributed by atoms with van der Waals surface area (Å²) in [4.78, 5) is 96.7. The van der Waals surface area contributed by atoms with Crippen LogP contribution in [-0.4, -0.2) is 80.0 Å². The van der Waals surface area contributed by atoms with Crippen molar-refractivity contribution >= 4 is 145 Å². The number of pyridine rings is 5. The molecule has 0 atom stereocenters. The number of anilines is 5.